The number of carbonyl (C=O) groups is 2. The minimum absolute atomic E-state index is 0.0185. The Balaban J connectivity index is 1.63. The number of benzene rings is 2. The number of carbonyl (C=O) groups excluding carboxylic acids is 2. The first-order chi connectivity index (χ1) is 19.8. The monoisotopic (exact) mass is 581 g/mol. The number of methoxy groups -OCH3 is 1. The van der Waals surface area contributed by atoms with E-state index >= 15 is 0 Å². The van der Waals surface area contributed by atoms with Gasteiger partial charge in [0.05, 0.1) is 30.2 Å². The van der Waals surface area contributed by atoms with Crippen LogP contribution in [0.5, 0.6) is 5.75 Å². The third-order valence-electron chi connectivity index (χ3n) is 6.22. The van der Waals surface area contributed by atoms with Crippen molar-refractivity contribution in [1.29, 1.82) is 0 Å². The van der Waals surface area contributed by atoms with Crippen LogP contribution in [0.2, 0.25) is 0 Å². The maximum Gasteiger partial charge on any atom is 0.416 e. The molecule has 0 bridgehead atoms. The summed E-state index contributed by atoms with van der Waals surface area (Å²) in [5.41, 5.74) is 1.93. The van der Waals surface area contributed by atoms with Crippen molar-refractivity contribution in [2.75, 3.05) is 17.7 Å². The average molecular weight is 582 g/mol. The number of ether oxygens (including phenoxy) is 1. The smallest absolute Gasteiger partial charge is 0.416 e. The van der Waals surface area contributed by atoms with Gasteiger partial charge in [-0.2, -0.15) is 13.2 Å². The van der Waals surface area contributed by atoms with Crippen LogP contribution in [0.1, 0.15) is 47.8 Å². The quantitative estimate of drug-likeness (QED) is 0.243. The van der Waals surface area contributed by atoms with Gasteiger partial charge in [-0.05, 0) is 48.9 Å². The normalized spacial score (nSPS) is 11.5. The summed E-state index contributed by atoms with van der Waals surface area (Å²) in [7, 11) is 1.34. The lowest BCUT2D eigenvalue weighted by molar-refractivity contribution is -0.137. The maximum absolute atomic E-state index is 13.7. The van der Waals surface area contributed by atoms with E-state index in [1.807, 2.05) is 20.8 Å². The van der Waals surface area contributed by atoms with Crippen LogP contribution in [0.25, 0.3) is 16.9 Å². The summed E-state index contributed by atoms with van der Waals surface area (Å²) in [5, 5.41) is 16.6. The van der Waals surface area contributed by atoms with E-state index in [1.165, 1.54) is 18.7 Å². The van der Waals surface area contributed by atoms with E-state index in [-0.39, 0.29) is 41.1 Å². The fourth-order valence-electron chi connectivity index (χ4n) is 4.14. The van der Waals surface area contributed by atoms with Gasteiger partial charge in [0.1, 0.15) is 17.3 Å². The van der Waals surface area contributed by atoms with Crippen LogP contribution >= 0.6 is 0 Å². The highest BCUT2D eigenvalue weighted by molar-refractivity contribution is 6.05. The Kier molecular flexibility index (Phi) is 8.90. The molecule has 220 valence electrons. The predicted molar refractivity (Wildman–Crippen MR) is 152 cm³/mol. The number of alkyl halides is 3. The second-order valence-electron chi connectivity index (χ2n) is 9.87. The van der Waals surface area contributed by atoms with Gasteiger partial charge in [-0.3, -0.25) is 9.59 Å². The molecule has 42 heavy (non-hydrogen) atoms. The molecule has 10 nitrogen and oxygen atoms in total. The third-order valence-corrected chi connectivity index (χ3v) is 6.22. The zero-order valence-electron chi connectivity index (χ0n) is 23.6. The van der Waals surface area contributed by atoms with Crippen molar-refractivity contribution in [3.63, 3.8) is 0 Å². The second kappa shape index (κ2) is 12.4. The highest BCUT2D eigenvalue weighted by Crippen LogP contribution is 2.38. The van der Waals surface area contributed by atoms with Crippen LogP contribution in [0.3, 0.4) is 0 Å². The molecule has 0 unspecified atom stereocenters. The van der Waals surface area contributed by atoms with Gasteiger partial charge >= 0.3 is 6.18 Å². The molecule has 0 atom stereocenters. The van der Waals surface area contributed by atoms with Crippen LogP contribution in [0.4, 0.5) is 24.7 Å². The number of aromatic nitrogens is 4. The number of nitrogens with zero attached hydrogens (tertiary/aromatic N) is 4. The number of nitrogens with one attached hydrogen (secondary N) is 3. The number of rotatable bonds is 9. The van der Waals surface area contributed by atoms with Gasteiger partial charge in [0.25, 0.3) is 5.91 Å². The molecule has 0 radical (unpaired) electrons. The topological polar surface area (TPSA) is 123 Å². The summed E-state index contributed by atoms with van der Waals surface area (Å²) >= 11 is 0. The Morgan fingerprint density at radius 1 is 1.07 bits per heavy atom. The van der Waals surface area contributed by atoms with E-state index < -0.39 is 17.6 Å². The predicted octanol–water partition coefficient (Wildman–Crippen LogP) is 5.37. The van der Waals surface area contributed by atoms with Gasteiger partial charge < -0.3 is 20.7 Å². The van der Waals surface area contributed by atoms with Crippen LogP contribution in [-0.2, 0) is 17.5 Å². The number of anilines is 2. The van der Waals surface area contributed by atoms with Gasteiger partial charge in [0, 0.05) is 42.4 Å². The van der Waals surface area contributed by atoms with Crippen LogP contribution in [0, 0.1) is 6.92 Å². The summed E-state index contributed by atoms with van der Waals surface area (Å²) in [6.45, 7) is 7.07. The Bertz CT molecular complexity index is 1600. The lowest BCUT2D eigenvalue weighted by Crippen LogP contribution is -2.23. The minimum Gasteiger partial charge on any atom is -0.494 e. The molecule has 0 spiro atoms. The van der Waals surface area contributed by atoms with E-state index in [2.05, 4.69) is 31.2 Å². The number of hydrogen-bond donors (Lipinski definition) is 3. The standard InChI is InChI=1S/C29H30F3N7O3/c1-16(2)33-14-21-10-22(29(30,31)32)12-23(27(21)42-5)36-28(41)19-7-6-17(3)25(11-19)39-15-24(37-38-39)20-8-9-26(34-13-20)35-18(4)40/h6-13,15-16,33H,14H2,1-5H3,(H,36,41)(H,34,35,40). The summed E-state index contributed by atoms with van der Waals surface area (Å²) in [4.78, 5) is 28.7. The Morgan fingerprint density at radius 3 is 2.45 bits per heavy atom. The first-order valence-corrected chi connectivity index (χ1v) is 13.0. The molecule has 2 heterocycles. The lowest BCUT2D eigenvalue weighted by atomic mass is 10.1. The first-order valence-electron chi connectivity index (χ1n) is 13.0. The van der Waals surface area contributed by atoms with E-state index in [4.69, 9.17) is 4.74 Å². The lowest BCUT2D eigenvalue weighted by Gasteiger charge is -2.19. The zero-order chi connectivity index (χ0) is 30.6. The highest BCUT2D eigenvalue weighted by atomic mass is 19.4. The number of aryl methyl sites for hydroxylation is 1. The molecule has 0 aliphatic rings. The molecule has 0 saturated heterocycles. The summed E-state index contributed by atoms with van der Waals surface area (Å²) in [6.07, 6.45) is -1.42. The van der Waals surface area contributed by atoms with Crippen molar-refractivity contribution >= 4 is 23.3 Å². The van der Waals surface area contributed by atoms with Crippen molar-refractivity contribution < 1.29 is 27.5 Å². The highest BCUT2D eigenvalue weighted by Gasteiger charge is 2.33. The first kappa shape index (κ1) is 30.2. The number of amides is 2. The van der Waals surface area contributed by atoms with Crippen molar-refractivity contribution in [3.05, 3.63) is 77.1 Å². The molecular formula is C29H30F3N7O3. The molecule has 4 rings (SSSR count). The average Bonchev–Trinajstić information content (AvgIpc) is 3.41. The van der Waals surface area contributed by atoms with Crippen LogP contribution < -0.4 is 20.7 Å². The molecular weight excluding hydrogens is 551 g/mol. The molecule has 0 aliphatic heterocycles. The van der Waals surface area contributed by atoms with E-state index in [9.17, 15) is 22.8 Å². The summed E-state index contributed by atoms with van der Waals surface area (Å²) in [6, 6.07) is 10.1. The third kappa shape index (κ3) is 7.10. The molecule has 13 heteroatoms. The fourth-order valence-corrected chi connectivity index (χ4v) is 4.14. The zero-order valence-corrected chi connectivity index (χ0v) is 23.6. The molecule has 0 fully saturated rings. The van der Waals surface area contributed by atoms with Gasteiger partial charge in [-0.25, -0.2) is 9.67 Å². The molecule has 2 aromatic heterocycles. The van der Waals surface area contributed by atoms with E-state index in [1.54, 1.807) is 42.7 Å². The van der Waals surface area contributed by atoms with Crippen molar-refractivity contribution in [2.45, 2.75) is 46.5 Å². The maximum atomic E-state index is 13.7. The van der Waals surface area contributed by atoms with Gasteiger partial charge in [0.2, 0.25) is 5.91 Å². The minimum atomic E-state index is -4.63. The fraction of sp³-hybridized carbons (Fsp3) is 0.276. The molecule has 4 aromatic rings. The largest absolute Gasteiger partial charge is 0.494 e. The number of halogens is 3. The van der Waals surface area contributed by atoms with Crippen LogP contribution in [0.15, 0.2) is 54.9 Å². The second-order valence-corrected chi connectivity index (χ2v) is 9.87. The molecule has 2 aromatic carbocycles. The molecule has 0 saturated carbocycles. The Morgan fingerprint density at radius 2 is 1.83 bits per heavy atom. The Labute approximate surface area is 240 Å². The summed E-state index contributed by atoms with van der Waals surface area (Å²) in [5.74, 6) is -0.338. The van der Waals surface area contributed by atoms with Gasteiger partial charge in [0.15, 0.2) is 0 Å². The number of hydrogen-bond acceptors (Lipinski definition) is 7. The van der Waals surface area contributed by atoms with Crippen molar-refractivity contribution in [1.82, 2.24) is 25.3 Å². The van der Waals surface area contributed by atoms with Gasteiger partial charge in [-0.15, -0.1) is 5.10 Å². The van der Waals surface area contributed by atoms with Crippen LogP contribution in [-0.4, -0.2) is 44.9 Å². The SMILES string of the molecule is COc1c(CNC(C)C)cc(C(F)(F)F)cc1NC(=O)c1ccc(C)c(-n2cc(-c3ccc(NC(C)=O)nc3)nn2)c1. The van der Waals surface area contributed by atoms with E-state index in [0.29, 0.717) is 22.8 Å². The van der Waals surface area contributed by atoms with E-state index in [0.717, 1.165) is 17.7 Å². The van der Waals surface area contributed by atoms with Gasteiger partial charge in [-0.1, -0.05) is 25.1 Å². The Hall–Kier alpha value is -4.78. The molecule has 2 amide bonds. The number of pyridine rings is 1. The molecule has 3 N–H and O–H groups in total. The molecule has 0 aliphatic carbocycles. The van der Waals surface area contributed by atoms with Crippen molar-refractivity contribution in [3.8, 4) is 22.7 Å². The summed E-state index contributed by atoms with van der Waals surface area (Å²) < 4.78 is 48.1. The van der Waals surface area contributed by atoms with Crippen molar-refractivity contribution in [2.24, 2.45) is 0 Å².